The maximum Gasteiger partial charge on any atom is 0.259 e. The molecule has 0 heterocycles. The molecular formula is C13H11FN2O3. The molecule has 5 N–H and O–H groups in total. The Labute approximate surface area is 108 Å². The number of nitrogens with two attached hydrogens (primary N) is 1. The van der Waals surface area contributed by atoms with E-state index in [-0.39, 0.29) is 16.9 Å². The largest absolute Gasteiger partial charge is 0.504 e. The molecule has 0 saturated carbocycles. The fourth-order valence-electron chi connectivity index (χ4n) is 1.55. The van der Waals surface area contributed by atoms with Crippen molar-refractivity contribution in [1.29, 1.82) is 0 Å². The highest BCUT2D eigenvalue weighted by atomic mass is 19.1. The van der Waals surface area contributed by atoms with Crippen LogP contribution in [0, 0.1) is 5.82 Å². The second kappa shape index (κ2) is 4.85. The lowest BCUT2D eigenvalue weighted by atomic mass is 10.1. The summed E-state index contributed by atoms with van der Waals surface area (Å²) in [5, 5.41) is 21.3. The highest BCUT2D eigenvalue weighted by molar-refractivity contribution is 6.07. The van der Waals surface area contributed by atoms with Crippen LogP contribution in [-0.2, 0) is 0 Å². The highest BCUT2D eigenvalue weighted by Gasteiger charge is 2.15. The van der Waals surface area contributed by atoms with E-state index < -0.39 is 23.2 Å². The van der Waals surface area contributed by atoms with Crippen LogP contribution < -0.4 is 11.1 Å². The van der Waals surface area contributed by atoms with E-state index >= 15 is 0 Å². The summed E-state index contributed by atoms with van der Waals surface area (Å²) in [6.07, 6.45) is 0. The van der Waals surface area contributed by atoms with Gasteiger partial charge in [-0.25, -0.2) is 4.39 Å². The Balaban J connectivity index is 2.28. The van der Waals surface area contributed by atoms with E-state index in [2.05, 4.69) is 5.32 Å². The van der Waals surface area contributed by atoms with Crippen molar-refractivity contribution in [1.82, 2.24) is 0 Å². The number of hydrogen-bond donors (Lipinski definition) is 4. The van der Waals surface area contributed by atoms with Gasteiger partial charge in [-0.05, 0) is 30.3 Å². The lowest BCUT2D eigenvalue weighted by Gasteiger charge is -2.09. The molecule has 2 aromatic rings. The Bertz CT molecular complexity index is 644. The van der Waals surface area contributed by atoms with E-state index in [1.807, 2.05) is 0 Å². The zero-order valence-electron chi connectivity index (χ0n) is 9.72. The molecule has 5 nitrogen and oxygen atoms in total. The summed E-state index contributed by atoms with van der Waals surface area (Å²) in [6, 6.07) is 7.52. The van der Waals surface area contributed by atoms with Crippen LogP contribution >= 0.6 is 0 Å². The predicted molar refractivity (Wildman–Crippen MR) is 68.5 cm³/mol. The third kappa shape index (κ3) is 2.57. The summed E-state index contributed by atoms with van der Waals surface area (Å²) in [4.78, 5) is 11.9. The van der Waals surface area contributed by atoms with Gasteiger partial charge in [-0.15, -0.1) is 0 Å². The number of anilines is 2. The van der Waals surface area contributed by atoms with Gasteiger partial charge in [0.05, 0.1) is 16.9 Å². The number of carbonyl (C=O) groups is 1. The molecule has 19 heavy (non-hydrogen) atoms. The smallest absolute Gasteiger partial charge is 0.259 e. The van der Waals surface area contributed by atoms with Crippen LogP contribution in [-0.4, -0.2) is 16.1 Å². The van der Waals surface area contributed by atoms with E-state index in [0.717, 1.165) is 12.1 Å². The topological polar surface area (TPSA) is 95.6 Å². The van der Waals surface area contributed by atoms with Gasteiger partial charge in [0, 0.05) is 0 Å². The summed E-state index contributed by atoms with van der Waals surface area (Å²) in [7, 11) is 0. The first-order valence-electron chi connectivity index (χ1n) is 5.36. The van der Waals surface area contributed by atoms with E-state index in [9.17, 15) is 19.4 Å². The van der Waals surface area contributed by atoms with E-state index in [1.165, 1.54) is 24.3 Å². The molecule has 0 fully saturated rings. The first-order valence-corrected chi connectivity index (χ1v) is 5.36. The number of carbonyl (C=O) groups excluding carboxylic acids is 1. The molecule has 2 rings (SSSR count). The number of aromatic hydroxyl groups is 2. The highest BCUT2D eigenvalue weighted by Crippen LogP contribution is 2.29. The first-order chi connectivity index (χ1) is 8.99. The number of para-hydroxylation sites is 1. The maximum absolute atomic E-state index is 12.9. The van der Waals surface area contributed by atoms with Crippen molar-refractivity contribution in [2.24, 2.45) is 0 Å². The molecule has 0 radical (unpaired) electrons. The van der Waals surface area contributed by atoms with Crippen LogP contribution in [0.15, 0.2) is 36.4 Å². The first kappa shape index (κ1) is 12.7. The summed E-state index contributed by atoms with van der Waals surface area (Å²) in [5.41, 5.74) is 5.72. The number of amides is 1. The lowest BCUT2D eigenvalue weighted by Crippen LogP contribution is -2.13. The second-order valence-corrected chi connectivity index (χ2v) is 3.86. The third-order valence-corrected chi connectivity index (χ3v) is 2.52. The normalized spacial score (nSPS) is 10.2. The number of rotatable bonds is 2. The van der Waals surface area contributed by atoms with Crippen molar-refractivity contribution in [3.8, 4) is 11.5 Å². The molecule has 0 unspecified atom stereocenters. The summed E-state index contributed by atoms with van der Waals surface area (Å²) in [5.74, 6) is -2.11. The zero-order chi connectivity index (χ0) is 14.0. The number of hydrogen-bond acceptors (Lipinski definition) is 4. The molecule has 98 valence electrons. The van der Waals surface area contributed by atoms with Gasteiger partial charge >= 0.3 is 0 Å². The summed E-state index contributed by atoms with van der Waals surface area (Å²) in [6.45, 7) is 0. The van der Waals surface area contributed by atoms with Crippen LogP contribution in [0.1, 0.15) is 10.4 Å². The van der Waals surface area contributed by atoms with E-state index in [0.29, 0.717) is 0 Å². The quantitative estimate of drug-likeness (QED) is 0.492. The van der Waals surface area contributed by atoms with Gasteiger partial charge in [0.15, 0.2) is 11.5 Å². The van der Waals surface area contributed by atoms with Crippen LogP contribution in [0.2, 0.25) is 0 Å². The molecule has 0 spiro atoms. The number of nitrogens with one attached hydrogen (secondary N) is 1. The van der Waals surface area contributed by atoms with Crippen molar-refractivity contribution in [3.63, 3.8) is 0 Å². The van der Waals surface area contributed by atoms with Crippen LogP contribution in [0.3, 0.4) is 0 Å². The molecule has 0 aliphatic heterocycles. The fraction of sp³-hybridized carbons (Fsp3) is 0. The van der Waals surface area contributed by atoms with Gasteiger partial charge in [0.2, 0.25) is 0 Å². The number of phenols is 2. The molecule has 2 aromatic carbocycles. The number of benzene rings is 2. The van der Waals surface area contributed by atoms with Gasteiger partial charge in [-0.2, -0.15) is 0 Å². The van der Waals surface area contributed by atoms with Gasteiger partial charge in [-0.3, -0.25) is 4.79 Å². The minimum Gasteiger partial charge on any atom is -0.504 e. The van der Waals surface area contributed by atoms with Gasteiger partial charge in [-0.1, -0.05) is 6.07 Å². The Morgan fingerprint density at radius 2 is 1.95 bits per heavy atom. The number of halogens is 1. The van der Waals surface area contributed by atoms with Gasteiger partial charge < -0.3 is 21.3 Å². The van der Waals surface area contributed by atoms with Crippen molar-refractivity contribution in [2.45, 2.75) is 0 Å². The second-order valence-electron chi connectivity index (χ2n) is 3.86. The van der Waals surface area contributed by atoms with Crippen LogP contribution in [0.5, 0.6) is 11.5 Å². The van der Waals surface area contributed by atoms with Crippen molar-refractivity contribution >= 4 is 17.3 Å². The molecule has 0 bridgehead atoms. The van der Waals surface area contributed by atoms with Crippen molar-refractivity contribution in [2.75, 3.05) is 11.1 Å². The lowest BCUT2D eigenvalue weighted by molar-refractivity contribution is 0.102. The average molecular weight is 262 g/mol. The van der Waals surface area contributed by atoms with Gasteiger partial charge in [0.25, 0.3) is 5.91 Å². The standard InChI is InChI=1S/C13H11FN2O3/c14-7-4-5-10(9(15)6-7)16-13(19)8-2-1-3-11(17)12(8)18/h1-6,17-18H,15H2,(H,16,19). The van der Waals surface area contributed by atoms with E-state index in [4.69, 9.17) is 5.73 Å². The molecule has 0 aliphatic rings. The maximum atomic E-state index is 12.9. The molecule has 1 amide bonds. The zero-order valence-corrected chi connectivity index (χ0v) is 9.72. The summed E-state index contributed by atoms with van der Waals surface area (Å²) >= 11 is 0. The Hall–Kier alpha value is -2.76. The van der Waals surface area contributed by atoms with Crippen LogP contribution in [0.4, 0.5) is 15.8 Å². The molecule has 6 heteroatoms. The Kier molecular flexibility index (Phi) is 3.24. The third-order valence-electron chi connectivity index (χ3n) is 2.52. The van der Waals surface area contributed by atoms with Crippen molar-refractivity contribution in [3.05, 3.63) is 47.8 Å². The monoisotopic (exact) mass is 262 g/mol. The predicted octanol–water partition coefficient (Wildman–Crippen LogP) is 2.07. The average Bonchev–Trinajstić information content (AvgIpc) is 2.36. The summed E-state index contributed by atoms with van der Waals surface area (Å²) < 4.78 is 12.9. The Morgan fingerprint density at radius 3 is 2.63 bits per heavy atom. The minimum absolute atomic E-state index is 0.0630. The molecule has 0 aliphatic carbocycles. The molecule has 0 saturated heterocycles. The number of nitrogen functional groups attached to an aromatic ring is 1. The molecule has 0 atom stereocenters. The van der Waals surface area contributed by atoms with Crippen LogP contribution in [0.25, 0.3) is 0 Å². The molecular weight excluding hydrogens is 251 g/mol. The SMILES string of the molecule is Nc1cc(F)ccc1NC(=O)c1cccc(O)c1O. The van der Waals surface area contributed by atoms with Crippen molar-refractivity contribution < 1.29 is 19.4 Å². The van der Waals surface area contributed by atoms with Gasteiger partial charge in [0.1, 0.15) is 5.82 Å². The van der Waals surface area contributed by atoms with E-state index in [1.54, 1.807) is 0 Å². The Morgan fingerprint density at radius 1 is 1.21 bits per heavy atom. The number of phenolic OH excluding ortho intramolecular Hbond substituents is 2. The minimum atomic E-state index is -0.660. The molecule has 0 aromatic heterocycles. The fourth-order valence-corrected chi connectivity index (χ4v) is 1.55.